The van der Waals surface area contributed by atoms with E-state index < -0.39 is 33.1 Å². The zero-order chi connectivity index (χ0) is 20.5. The van der Waals surface area contributed by atoms with Gasteiger partial charge in [0.2, 0.25) is 10.0 Å². The van der Waals surface area contributed by atoms with Crippen molar-refractivity contribution < 1.29 is 27.3 Å². The minimum atomic E-state index is -3.74. The summed E-state index contributed by atoms with van der Waals surface area (Å²) in [6, 6.07) is 9.75. The summed E-state index contributed by atoms with van der Waals surface area (Å²) in [6.45, 7) is 0.0604. The monoisotopic (exact) mass is 424 g/mol. The highest BCUT2D eigenvalue weighted by molar-refractivity contribution is 7.91. The van der Waals surface area contributed by atoms with Crippen LogP contribution >= 0.6 is 0 Å². The van der Waals surface area contributed by atoms with E-state index in [1.54, 1.807) is 12.1 Å². The molecule has 1 heterocycles. The molecule has 0 amide bonds. The third-order valence-electron chi connectivity index (χ3n) is 4.13. The molecule has 1 aromatic heterocycles. The van der Waals surface area contributed by atoms with Crippen molar-refractivity contribution in [1.29, 1.82) is 0 Å². The van der Waals surface area contributed by atoms with E-state index in [-0.39, 0.29) is 22.7 Å². The Labute approximate surface area is 164 Å². The molecule has 0 bridgehead atoms. The molecular weight excluding hydrogens is 407 g/mol. The second-order valence-corrected chi connectivity index (χ2v) is 9.38. The third kappa shape index (κ3) is 4.20. The fourth-order valence-corrected chi connectivity index (χ4v) is 4.36. The Kier molecular flexibility index (Phi) is 5.75. The van der Waals surface area contributed by atoms with E-state index in [1.807, 2.05) is 0 Å². The number of sulfonamides is 1. The van der Waals surface area contributed by atoms with Crippen molar-refractivity contribution in [3.8, 4) is 11.1 Å². The summed E-state index contributed by atoms with van der Waals surface area (Å²) in [5.74, 6) is -0.345. The highest BCUT2D eigenvalue weighted by Gasteiger charge is 2.17. The molecule has 0 spiro atoms. The van der Waals surface area contributed by atoms with Gasteiger partial charge in [-0.1, -0.05) is 23.3 Å². The van der Waals surface area contributed by atoms with E-state index in [1.165, 1.54) is 36.7 Å². The predicted molar refractivity (Wildman–Crippen MR) is 105 cm³/mol. The van der Waals surface area contributed by atoms with Crippen LogP contribution in [0.5, 0.6) is 0 Å². The standard InChI is InChI=1S/C18H17FN2O5S2/c1-27(24)9-8-20-28(25,26)14-5-2-12(3-6-14)16-11-21(18(22)23)17-10-13(19)4-7-15(16)17/h2-7,10-11,20H,8-9H2,1H3,(H,22,23). The molecule has 0 aliphatic carbocycles. The number of aromatic nitrogens is 1. The van der Waals surface area contributed by atoms with Crippen LogP contribution < -0.4 is 4.72 Å². The van der Waals surface area contributed by atoms with Gasteiger partial charge in [0.25, 0.3) is 0 Å². The van der Waals surface area contributed by atoms with Gasteiger partial charge in [0.05, 0.1) is 23.2 Å². The van der Waals surface area contributed by atoms with Gasteiger partial charge >= 0.3 is 6.09 Å². The molecule has 1 unspecified atom stereocenters. The minimum absolute atomic E-state index is 0.0335. The van der Waals surface area contributed by atoms with Crippen LogP contribution in [0.1, 0.15) is 0 Å². The minimum Gasteiger partial charge on any atom is -0.617 e. The van der Waals surface area contributed by atoms with E-state index in [0.29, 0.717) is 16.5 Å². The Bertz CT molecular complexity index is 1120. The lowest BCUT2D eigenvalue weighted by molar-refractivity contribution is 0.197. The van der Waals surface area contributed by atoms with Crippen LogP contribution in [0.4, 0.5) is 9.18 Å². The second kappa shape index (κ2) is 7.92. The lowest BCUT2D eigenvalue weighted by Gasteiger charge is -2.08. The van der Waals surface area contributed by atoms with Gasteiger partial charge in [0, 0.05) is 17.1 Å². The molecule has 2 aromatic carbocycles. The van der Waals surface area contributed by atoms with Gasteiger partial charge in [0.1, 0.15) is 11.6 Å². The Morgan fingerprint density at radius 1 is 1.25 bits per heavy atom. The molecule has 0 fully saturated rings. The van der Waals surface area contributed by atoms with Crippen molar-refractivity contribution in [2.75, 3.05) is 18.6 Å². The van der Waals surface area contributed by atoms with Crippen LogP contribution in [0.2, 0.25) is 0 Å². The maximum atomic E-state index is 13.5. The van der Waals surface area contributed by atoms with Gasteiger partial charge in [0.15, 0.2) is 0 Å². The van der Waals surface area contributed by atoms with E-state index in [9.17, 15) is 27.3 Å². The van der Waals surface area contributed by atoms with Crippen LogP contribution in [0.3, 0.4) is 0 Å². The van der Waals surface area contributed by atoms with E-state index in [4.69, 9.17) is 0 Å². The Morgan fingerprint density at radius 2 is 1.93 bits per heavy atom. The number of nitrogens with zero attached hydrogens (tertiary/aromatic N) is 1. The summed E-state index contributed by atoms with van der Waals surface area (Å²) in [5.41, 5.74) is 1.33. The number of benzene rings is 2. The summed E-state index contributed by atoms with van der Waals surface area (Å²) in [4.78, 5) is 11.5. The average molecular weight is 424 g/mol. The number of carboxylic acid groups (broad SMARTS) is 1. The Morgan fingerprint density at radius 3 is 2.54 bits per heavy atom. The molecule has 3 aromatic rings. The first kappa shape index (κ1) is 20.3. The van der Waals surface area contributed by atoms with E-state index in [0.717, 1.165) is 10.6 Å². The number of fused-ring (bicyclic) bond motifs is 1. The van der Waals surface area contributed by atoms with Crippen molar-refractivity contribution in [3.05, 3.63) is 54.5 Å². The molecular formula is C18H17FN2O5S2. The average Bonchev–Trinajstić information content (AvgIpc) is 3.00. The predicted octanol–water partition coefficient (Wildman–Crippen LogP) is 2.63. The lowest BCUT2D eigenvalue weighted by atomic mass is 10.1. The summed E-state index contributed by atoms with van der Waals surface area (Å²) in [7, 11) is -3.74. The van der Waals surface area contributed by atoms with E-state index in [2.05, 4.69) is 4.72 Å². The zero-order valence-electron chi connectivity index (χ0n) is 14.8. The summed E-state index contributed by atoms with van der Waals surface area (Å²) >= 11 is -1.11. The van der Waals surface area contributed by atoms with Crippen LogP contribution in [-0.4, -0.2) is 47.3 Å². The summed E-state index contributed by atoms with van der Waals surface area (Å²) in [5, 5.41) is 9.87. The van der Waals surface area contributed by atoms with Crippen molar-refractivity contribution in [3.63, 3.8) is 0 Å². The molecule has 0 aliphatic rings. The zero-order valence-corrected chi connectivity index (χ0v) is 16.4. The van der Waals surface area contributed by atoms with Gasteiger partial charge in [-0.25, -0.2) is 22.3 Å². The number of hydrogen-bond donors (Lipinski definition) is 2. The van der Waals surface area contributed by atoms with Gasteiger partial charge in [-0.15, -0.1) is 0 Å². The first-order valence-corrected chi connectivity index (χ1v) is 11.3. The normalized spacial score (nSPS) is 13.0. The number of hydrogen-bond acceptors (Lipinski definition) is 4. The molecule has 148 valence electrons. The van der Waals surface area contributed by atoms with Gasteiger partial charge in [-0.05, 0) is 35.9 Å². The van der Waals surface area contributed by atoms with Gasteiger partial charge < -0.3 is 9.66 Å². The maximum absolute atomic E-state index is 13.5. The van der Waals surface area contributed by atoms with Crippen LogP contribution in [-0.2, 0) is 21.2 Å². The number of rotatable bonds is 6. The van der Waals surface area contributed by atoms with Crippen molar-refractivity contribution in [1.82, 2.24) is 9.29 Å². The second-order valence-electron chi connectivity index (χ2n) is 6.06. The first-order chi connectivity index (χ1) is 13.2. The lowest BCUT2D eigenvalue weighted by Crippen LogP contribution is -2.28. The van der Waals surface area contributed by atoms with Crippen molar-refractivity contribution in [2.45, 2.75) is 4.90 Å². The molecule has 2 N–H and O–H groups in total. The van der Waals surface area contributed by atoms with Crippen LogP contribution in [0.25, 0.3) is 22.0 Å². The van der Waals surface area contributed by atoms with Crippen molar-refractivity contribution in [2.24, 2.45) is 0 Å². The van der Waals surface area contributed by atoms with Crippen LogP contribution in [0.15, 0.2) is 53.6 Å². The topological polar surface area (TPSA) is 111 Å². The summed E-state index contributed by atoms with van der Waals surface area (Å²) in [6.07, 6.45) is 1.60. The fourth-order valence-electron chi connectivity index (χ4n) is 2.81. The highest BCUT2D eigenvalue weighted by atomic mass is 32.2. The largest absolute Gasteiger partial charge is 0.617 e. The van der Waals surface area contributed by atoms with Crippen LogP contribution in [0, 0.1) is 5.82 Å². The number of nitrogens with one attached hydrogen (secondary N) is 1. The molecule has 0 saturated carbocycles. The SMILES string of the molecule is C[S+]([O-])CCNS(=O)(=O)c1ccc(-c2cn(C(=O)O)c3cc(F)ccc23)cc1. The first-order valence-electron chi connectivity index (χ1n) is 8.13. The van der Waals surface area contributed by atoms with Gasteiger partial charge in [-0.2, -0.15) is 0 Å². The molecule has 3 rings (SSSR count). The number of halogens is 1. The molecule has 28 heavy (non-hydrogen) atoms. The number of carbonyl (C=O) groups is 1. The van der Waals surface area contributed by atoms with Gasteiger partial charge in [-0.3, -0.25) is 4.57 Å². The molecule has 10 heteroatoms. The Hall–Kier alpha value is -2.40. The maximum Gasteiger partial charge on any atom is 0.416 e. The summed E-state index contributed by atoms with van der Waals surface area (Å²) < 4.78 is 52.4. The molecule has 7 nitrogen and oxygen atoms in total. The quantitative estimate of drug-likeness (QED) is 0.591. The Balaban J connectivity index is 1.95. The fraction of sp³-hybridized carbons (Fsp3) is 0.167. The van der Waals surface area contributed by atoms with E-state index >= 15 is 0 Å². The molecule has 0 saturated heterocycles. The smallest absolute Gasteiger partial charge is 0.416 e. The third-order valence-corrected chi connectivity index (χ3v) is 6.39. The molecule has 1 atom stereocenters. The highest BCUT2D eigenvalue weighted by Crippen LogP contribution is 2.31. The van der Waals surface area contributed by atoms with Crippen molar-refractivity contribution >= 4 is 38.2 Å². The molecule has 0 aliphatic heterocycles. The molecule has 0 radical (unpaired) electrons.